The summed E-state index contributed by atoms with van der Waals surface area (Å²) < 4.78 is 1.14. The summed E-state index contributed by atoms with van der Waals surface area (Å²) in [6.07, 6.45) is 0. The summed E-state index contributed by atoms with van der Waals surface area (Å²) in [5, 5.41) is 3.03. The van der Waals surface area contributed by atoms with Crippen LogP contribution >= 0.6 is 22.6 Å². The predicted molar refractivity (Wildman–Crippen MR) is 83.9 cm³/mol. The topological polar surface area (TPSA) is 32.3 Å². The first kappa shape index (κ1) is 15.4. The van der Waals surface area contributed by atoms with Gasteiger partial charge in [0.1, 0.15) is 0 Å². The molecule has 1 aromatic carbocycles. The fourth-order valence-electron chi connectivity index (χ4n) is 1.82. The lowest BCUT2D eigenvalue weighted by molar-refractivity contribution is 0.0930. The average Bonchev–Trinajstić information content (AvgIpc) is 2.36. The fraction of sp³-hybridized carbons (Fsp3) is 0.500. The van der Waals surface area contributed by atoms with Crippen LogP contribution < -0.4 is 5.32 Å². The van der Waals surface area contributed by atoms with Crippen molar-refractivity contribution in [2.75, 3.05) is 19.6 Å². The van der Waals surface area contributed by atoms with Gasteiger partial charge in [-0.15, -0.1) is 0 Å². The first-order valence-corrected chi connectivity index (χ1v) is 7.43. The molecule has 0 aliphatic heterocycles. The lowest BCUT2D eigenvalue weighted by Gasteiger charge is -2.23. The molecule has 0 aromatic heterocycles. The zero-order chi connectivity index (χ0) is 13.5. The van der Waals surface area contributed by atoms with Gasteiger partial charge in [0.15, 0.2) is 0 Å². The van der Waals surface area contributed by atoms with Crippen molar-refractivity contribution in [3.8, 4) is 0 Å². The number of carbonyl (C=O) groups excluding carboxylic acids is 1. The van der Waals surface area contributed by atoms with E-state index in [0.717, 1.165) is 28.8 Å². The van der Waals surface area contributed by atoms with Crippen molar-refractivity contribution in [2.45, 2.75) is 26.8 Å². The molecule has 100 valence electrons. The molecule has 1 amide bonds. The summed E-state index contributed by atoms with van der Waals surface area (Å²) in [6, 6.07) is 7.79. The predicted octanol–water partition coefficient (Wildman–Crippen LogP) is 2.75. The number of rotatable bonds is 6. The Balaban J connectivity index is 2.51. The van der Waals surface area contributed by atoms with E-state index in [-0.39, 0.29) is 11.9 Å². The van der Waals surface area contributed by atoms with E-state index in [1.807, 2.05) is 31.2 Å². The van der Waals surface area contributed by atoms with Crippen molar-refractivity contribution in [3.63, 3.8) is 0 Å². The van der Waals surface area contributed by atoms with Crippen LogP contribution in [0.1, 0.15) is 31.1 Å². The van der Waals surface area contributed by atoms with E-state index >= 15 is 0 Å². The summed E-state index contributed by atoms with van der Waals surface area (Å²) in [4.78, 5) is 14.3. The van der Waals surface area contributed by atoms with E-state index in [0.29, 0.717) is 0 Å². The standard InChI is InChI=1S/C14H21IN2O/c1-4-17(5-2)10-11(3)16-14(18)12-6-8-13(15)9-7-12/h6-9,11H,4-5,10H2,1-3H3,(H,16,18). The molecule has 0 fully saturated rings. The second kappa shape index (κ2) is 7.74. The minimum absolute atomic E-state index is 0.00561. The van der Waals surface area contributed by atoms with Crippen LogP contribution in [0.2, 0.25) is 0 Å². The third-order valence-electron chi connectivity index (χ3n) is 2.91. The summed E-state index contributed by atoms with van der Waals surface area (Å²) in [6.45, 7) is 9.24. The molecule has 0 saturated carbocycles. The minimum Gasteiger partial charge on any atom is -0.348 e. The Morgan fingerprint density at radius 3 is 2.33 bits per heavy atom. The second-order valence-electron chi connectivity index (χ2n) is 4.37. The molecule has 1 atom stereocenters. The van der Waals surface area contributed by atoms with E-state index in [4.69, 9.17) is 0 Å². The molecule has 1 rings (SSSR count). The van der Waals surface area contributed by atoms with E-state index in [1.54, 1.807) is 0 Å². The van der Waals surface area contributed by atoms with E-state index in [9.17, 15) is 4.79 Å². The third-order valence-corrected chi connectivity index (χ3v) is 3.63. The van der Waals surface area contributed by atoms with Gasteiger partial charge in [-0.1, -0.05) is 13.8 Å². The number of carbonyl (C=O) groups is 1. The zero-order valence-corrected chi connectivity index (χ0v) is 13.4. The molecule has 4 heteroatoms. The van der Waals surface area contributed by atoms with Crippen molar-refractivity contribution in [1.29, 1.82) is 0 Å². The molecule has 0 aliphatic carbocycles. The number of benzene rings is 1. The van der Waals surface area contributed by atoms with Gasteiger partial charge in [0.2, 0.25) is 0 Å². The minimum atomic E-state index is 0.00561. The van der Waals surface area contributed by atoms with Gasteiger partial charge in [-0.2, -0.15) is 0 Å². The lowest BCUT2D eigenvalue weighted by Crippen LogP contribution is -2.41. The van der Waals surface area contributed by atoms with Gasteiger partial charge in [0.05, 0.1) is 0 Å². The zero-order valence-electron chi connectivity index (χ0n) is 11.2. The number of nitrogens with zero attached hydrogens (tertiary/aromatic N) is 1. The lowest BCUT2D eigenvalue weighted by atomic mass is 10.2. The third kappa shape index (κ3) is 4.94. The van der Waals surface area contributed by atoms with Crippen molar-refractivity contribution in [2.24, 2.45) is 0 Å². The highest BCUT2D eigenvalue weighted by Crippen LogP contribution is 2.07. The summed E-state index contributed by atoms with van der Waals surface area (Å²) in [5.74, 6) is 0.00561. The number of nitrogens with one attached hydrogen (secondary N) is 1. The molecule has 1 unspecified atom stereocenters. The molecule has 0 spiro atoms. The van der Waals surface area contributed by atoms with Crippen molar-refractivity contribution >= 4 is 28.5 Å². The summed E-state index contributed by atoms with van der Waals surface area (Å²) in [5.41, 5.74) is 0.724. The van der Waals surface area contributed by atoms with Gasteiger partial charge >= 0.3 is 0 Å². The molecular weight excluding hydrogens is 339 g/mol. The second-order valence-corrected chi connectivity index (χ2v) is 5.61. The molecular formula is C14H21IN2O. The van der Waals surface area contributed by atoms with Crippen molar-refractivity contribution in [1.82, 2.24) is 10.2 Å². The maximum absolute atomic E-state index is 12.0. The monoisotopic (exact) mass is 360 g/mol. The molecule has 0 heterocycles. The highest BCUT2D eigenvalue weighted by Gasteiger charge is 2.11. The van der Waals surface area contributed by atoms with Gasteiger partial charge in [-0.3, -0.25) is 4.79 Å². The molecule has 0 radical (unpaired) electrons. The van der Waals surface area contributed by atoms with Gasteiger partial charge in [-0.05, 0) is 66.9 Å². The number of likely N-dealkylation sites (N-methyl/N-ethyl adjacent to an activating group) is 1. The van der Waals surface area contributed by atoms with Gasteiger partial charge in [0.25, 0.3) is 5.91 Å². The largest absolute Gasteiger partial charge is 0.348 e. The Kier molecular flexibility index (Phi) is 6.63. The molecule has 0 aliphatic rings. The van der Waals surface area contributed by atoms with Crippen LogP contribution in [0, 0.1) is 3.57 Å². The van der Waals surface area contributed by atoms with Crippen LogP contribution in [-0.2, 0) is 0 Å². The number of hydrogen-bond acceptors (Lipinski definition) is 2. The molecule has 18 heavy (non-hydrogen) atoms. The Bertz CT molecular complexity index is 374. The molecule has 0 bridgehead atoms. The van der Waals surface area contributed by atoms with Crippen LogP contribution in [-0.4, -0.2) is 36.5 Å². The maximum Gasteiger partial charge on any atom is 0.251 e. The normalized spacial score (nSPS) is 12.5. The smallest absolute Gasteiger partial charge is 0.251 e. The van der Waals surface area contributed by atoms with E-state index < -0.39 is 0 Å². The Labute approximate surface area is 123 Å². The van der Waals surface area contributed by atoms with Crippen LogP contribution in [0.25, 0.3) is 0 Å². The van der Waals surface area contributed by atoms with Crippen LogP contribution in [0.5, 0.6) is 0 Å². The SMILES string of the molecule is CCN(CC)CC(C)NC(=O)c1ccc(I)cc1. The van der Waals surface area contributed by atoms with E-state index in [1.165, 1.54) is 0 Å². The van der Waals surface area contributed by atoms with Crippen LogP contribution in [0.3, 0.4) is 0 Å². The van der Waals surface area contributed by atoms with Gasteiger partial charge in [0, 0.05) is 21.7 Å². The maximum atomic E-state index is 12.0. The molecule has 3 nitrogen and oxygen atoms in total. The Morgan fingerprint density at radius 2 is 1.83 bits per heavy atom. The van der Waals surface area contributed by atoms with E-state index in [2.05, 4.69) is 46.7 Å². The number of amides is 1. The van der Waals surface area contributed by atoms with Crippen LogP contribution in [0.4, 0.5) is 0 Å². The highest BCUT2D eigenvalue weighted by molar-refractivity contribution is 14.1. The highest BCUT2D eigenvalue weighted by atomic mass is 127. The van der Waals surface area contributed by atoms with Gasteiger partial charge < -0.3 is 10.2 Å². The van der Waals surface area contributed by atoms with Crippen molar-refractivity contribution < 1.29 is 4.79 Å². The Morgan fingerprint density at radius 1 is 1.28 bits per heavy atom. The molecule has 1 N–H and O–H groups in total. The quantitative estimate of drug-likeness (QED) is 0.792. The van der Waals surface area contributed by atoms with Crippen molar-refractivity contribution in [3.05, 3.63) is 33.4 Å². The average molecular weight is 360 g/mol. The van der Waals surface area contributed by atoms with Crippen LogP contribution in [0.15, 0.2) is 24.3 Å². The molecule has 1 aromatic rings. The first-order valence-electron chi connectivity index (χ1n) is 6.35. The fourth-order valence-corrected chi connectivity index (χ4v) is 2.18. The Hall–Kier alpha value is -0.620. The number of halogens is 1. The summed E-state index contributed by atoms with van der Waals surface area (Å²) >= 11 is 2.23. The van der Waals surface area contributed by atoms with Gasteiger partial charge in [-0.25, -0.2) is 0 Å². The number of hydrogen-bond donors (Lipinski definition) is 1. The molecule has 0 saturated heterocycles. The first-order chi connectivity index (χ1) is 8.56. The summed E-state index contributed by atoms with van der Waals surface area (Å²) in [7, 11) is 0.